The van der Waals surface area contributed by atoms with Gasteiger partial charge < -0.3 is 9.63 Å². The second-order valence-electron chi connectivity index (χ2n) is 12.8. The summed E-state index contributed by atoms with van der Waals surface area (Å²) < 4.78 is 27.6. The molecule has 2 aromatic carbocycles. The highest BCUT2D eigenvalue weighted by Gasteiger charge is 2.40. The summed E-state index contributed by atoms with van der Waals surface area (Å²) in [5.74, 6) is 2.03. The number of rotatable bonds is 6. The molecule has 4 atom stereocenters. The smallest absolute Gasteiger partial charge is 0.411 e. The van der Waals surface area contributed by atoms with Gasteiger partial charge in [-0.25, -0.2) is 4.57 Å². The molecule has 0 saturated heterocycles. The molecule has 0 aliphatic heterocycles. The number of hydrogen-bond acceptors (Lipinski definition) is 4. The monoisotopic (exact) mass is 500 g/mol. The third kappa shape index (κ3) is 6.52. The van der Waals surface area contributed by atoms with Gasteiger partial charge in [-0.2, -0.15) is 0 Å². The molecule has 0 bridgehead atoms. The Labute approximate surface area is 213 Å². The Hall–Kier alpha value is -1.77. The van der Waals surface area contributed by atoms with Crippen molar-refractivity contribution in [1.29, 1.82) is 0 Å². The molecule has 1 fully saturated rings. The molecule has 0 spiro atoms. The van der Waals surface area contributed by atoms with Crippen LogP contribution in [0.1, 0.15) is 92.7 Å². The Morgan fingerprint density at radius 3 is 1.97 bits per heavy atom. The van der Waals surface area contributed by atoms with E-state index in [4.69, 9.17) is 9.05 Å². The average molecular weight is 501 g/mol. The molecule has 1 N–H and O–H groups in total. The first-order valence-corrected chi connectivity index (χ1v) is 14.6. The zero-order chi connectivity index (χ0) is 26.2. The van der Waals surface area contributed by atoms with Crippen LogP contribution in [0, 0.1) is 17.8 Å². The SMILES string of the molecule is CC(C)[C@@H]1CC[C@@H](C)C[C@H]1OP(=O)(Oc1cc(C(C)(C)C)c(O)c(C(C)(C)C)c1)c1ccccc1. The van der Waals surface area contributed by atoms with E-state index in [1.807, 2.05) is 42.5 Å². The fourth-order valence-electron chi connectivity index (χ4n) is 5.10. The van der Waals surface area contributed by atoms with Gasteiger partial charge in [0, 0.05) is 11.1 Å². The van der Waals surface area contributed by atoms with Crippen molar-refractivity contribution in [3.63, 3.8) is 0 Å². The number of benzene rings is 2. The number of hydrogen-bond donors (Lipinski definition) is 1. The van der Waals surface area contributed by atoms with Gasteiger partial charge in [0.2, 0.25) is 0 Å². The van der Waals surface area contributed by atoms with Gasteiger partial charge in [-0.3, -0.25) is 4.52 Å². The van der Waals surface area contributed by atoms with Crippen molar-refractivity contribution in [3.05, 3.63) is 53.6 Å². The van der Waals surface area contributed by atoms with Crippen molar-refractivity contribution in [2.24, 2.45) is 17.8 Å². The standard InChI is InChI=1S/C30H45O4P/c1-20(2)24-16-15-21(3)17-27(24)34-35(32,23-13-11-10-12-14-23)33-22-18-25(29(4,5)6)28(31)26(19-22)30(7,8)9/h10-14,18-21,24,27,31H,15-17H2,1-9H3/t21-,24+,27-,35?/m1/s1. The summed E-state index contributed by atoms with van der Waals surface area (Å²) >= 11 is 0. The van der Waals surface area contributed by atoms with Crippen molar-refractivity contribution in [2.75, 3.05) is 0 Å². The van der Waals surface area contributed by atoms with Crippen molar-refractivity contribution in [3.8, 4) is 11.5 Å². The molecule has 0 aromatic heterocycles. The van der Waals surface area contributed by atoms with E-state index in [0.717, 1.165) is 24.0 Å². The van der Waals surface area contributed by atoms with Gasteiger partial charge >= 0.3 is 7.60 Å². The molecule has 3 rings (SSSR count). The quantitative estimate of drug-likeness (QED) is 0.405. The molecule has 1 aliphatic carbocycles. The molecule has 0 amide bonds. The third-order valence-electron chi connectivity index (χ3n) is 7.23. The maximum atomic E-state index is 14.6. The average Bonchev–Trinajstić information content (AvgIpc) is 2.73. The van der Waals surface area contributed by atoms with Crippen LogP contribution in [0.4, 0.5) is 0 Å². The lowest BCUT2D eigenvalue weighted by Crippen LogP contribution is -2.35. The zero-order valence-electron chi connectivity index (χ0n) is 23.1. The van der Waals surface area contributed by atoms with Crippen LogP contribution in [-0.2, 0) is 19.9 Å². The number of phenols is 1. The molecule has 0 heterocycles. The summed E-state index contributed by atoms with van der Waals surface area (Å²) in [7, 11) is -3.71. The van der Waals surface area contributed by atoms with E-state index in [0.29, 0.717) is 28.8 Å². The normalized spacial score (nSPS) is 23.2. The van der Waals surface area contributed by atoms with E-state index in [9.17, 15) is 9.67 Å². The van der Waals surface area contributed by atoms with E-state index < -0.39 is 7.60 Å². The predicted octanol–water partition coefficient (Wildman–Crippen LogP) is 8.36. The molecular weight excluding hydrogens is 455 g/mol. The van der Waals surface area contributed by atoms with Crippen molar-refractivity contribution < 1.29 is 18.7 Å². The molecule has 5 heteroatoms. The highest BCUT2D eigenvalue weighted by atomic mass is 31.2. The molecule has 2 aromatic rings. The van der Waals surface area contributed by atoms with Crippen molar-refractivity contribution in [2.45, 2.75) is 98.5 Å². The molecular formula is C30H45O4P. The fourth-order valence-corrected chi connectivity index (χ4v) is 6.89. The second kappa shape index (κ2) is 10.3. The van der Waals surface area contributed by atoms with Crippen LogP contribution >= 0.6 is 7.60 Å². The molecule has 1 saturated carbocycles. The predicted molar refractivity (Wildman–Crippen MR) is 146 cm³/mol. The molecule has 1 unspecified atom stereocenters. The Bertz CT molecular complexity index is 1010. The first-order valence-electron chi connectivity index (χ1n) is 13.0. The minimum absolute atomic E-state index is 0.133. The van der Waals surface area contributed by atoms with Crippen LogP contribution in [-0.4, -0.2) is 11.2 Å². The van der Waals surface area contributed by atoms with Gasteiger partial charge in [0.1, 0.15) is 11.5 Å². The van der Waals surface area contributed by atoms with Crippen LogP contribution in [0.2, 0.25) is 0 Å². The molecule has 194 valence electrons. The summed E-state index contributed by atoms with van der Waals surface area (Å²) in [5.41, 5.74) is 0.905. The minimum Gasteiger partial charge on any atom is -0.507 e. The van der Waals surface area contributed by atoms with Gasteiger partial charge in [0.15, 0.2) is 0 Å². The van der Waals surface area contributed by atoms with Gasteiger partial charge in [-0.1, -0.05) is 86.9 Å². The Kier molecular flexibility index (Phi) is 8.19. The first-order chi connectivity index (χ1) is 16.1. The lowest BCUT2D eigenvalue weighted by molar-refractivity contribution is 0.0414. The van der Waals surface area contributed by atoms with E-state index in [2.05, 4.69) is 62.3 Å². The van der Waals surface area contributed by atoms with Crippen LogP contribution < -0.4 is 9.83 Å². The third-order valence-corrected chi connectivity index (χ3v) is 9.16. The van der Waals surface area contributed by atoms with E-state index in [1.165, 1.54) is 6.42 Å². The van der Waals surface area contributed by atoms with Gasteiger partial charge in [0.25, 0.3) is 0 Å². The summed E-state index contributed by atoms with van der Waals surface area (Å²) in [6.07, 6.45) is 2.98. The number of phenolic OH excluding ortho intramolecular Hbond substituents is 1. The molecule has 0 radical (unpaired) electrons. The van der Waals surface area contributed by atoms with Gasteiger partial charge in [0.05, 0.1) is 11.4 Å². The number of aromatic hydroxyl groups is 1. The van der Waals surface area contributed by atoms with Crippen LogP contribution in [0.3, 0.4) is 0 Å². The topological polar surface area (TPSA) is 55.8 Å². The summed E-state index contributed by atoms with van der Waals surface area (Å²) in [5, 5.41) is 11.7. The highest BCUT2D eigenvalue weighted by Crippen LogP contribution is 2.53. The lowest BCUT2D eigenvalue weighted by Gasteiger charge is -2.38. The van der Waals surface area contributed by atoms with Crippen molar-refractivity contribution in [1.82, 2.24) is 0 Å². The maximum Gasteiger partial charge on any atom is 0.411 e. The van der Waals surface area contributed by atoms with Crippen LogP contribution in [0.5, 0.6) is 11.5 Å². The molecule has 4 nitrogen and oxygen atoms in total. The van der Waals surface area contributed by atoms with E-state index in [1.54, 1.807) is 0 Å². The molecule has 1 aliphatic rings. The summed E-state index contributed by atoms with van der Waals surface area (Å²) in [4.78, 5) is 0. The fraction of sp³-hybridized carbons (Fsp3) is 0.600. The van der Waals surface area contributed by atoms with Crippen LogP contribution in [0.25, 0.3) is 0 Å². The van der Waals surface area contributed by atoms with E-state index >= 15 is 0 Å². The lowest BCUT2D eigenvalue weighted by atomic mass is 9.75. The molecule has 35 heavy (non-hydrogen) atoms. The summed E-state index contributed by atoms with van der Waals surface area (Å²) in [6, 6.07) is 13.0. The summed E-state index contributed by atoms with van der Waals surface area (Å²) in [6.45, 7) is 19.0. The zero-order valence-corrected chi connectivity index (χ0v) is 24.0. The second-order valence-corrected chi connectivity index (χ2v) is 14.7. The highest BCUT2D eigenvalue weighted by molar-refractivity contribution is 7.62. The van der Waals surface area contributed by atoms with Crippen molar-refractivity contribution >= 4 is 12.9 Å². The first kappa shape index (κ1) is 27.8. The maximum absolute atomic E-state index is 14.6. The Balaban J connectivity index is 2.11. The minimum atomic E-state index is -3.71. The largest absolute Gasteiger partial charge is 0.507 e. The van der Waals surface area contributed by atoms with E-state index in [-0.39, 0.29) is 22.7 Å². The van der Waals surface area contributed by atoms with Gasteiger partial charge in [-0.05, 0) is 65.7 Å². The Morgan fingerprint density at radius 2 is 1.49 bits per heavy atom. The van der Waals surface area contributed by atoms with Crippen LogP contribution in [0.15, 0.2) is 42.5 Å². The Morgan fingerprint density at radius 1 is 0.943 bits per heavy atom. The van der Waals surface area contributed by atoms with Gasteiger partial charge in [-0.15, -0.1) is 0 Å².